The Morgan fingerprint density at radius 2 is 1.94 bits per heavy atom. The zero-order chi connectivity index (χ0) is 13.8. The molecule has 0 saturated carbocycles. The van der Waals surface area contributed by atoms with E-state index in [1.807, 2.05) is 26.0 Å². The molecule has 1 rings (SSSR count). The Morgan fingerprint density at radius 1 is 1.28 bits per heavy atom. The predicted molar refractivity (Wildman–Crippen MR) is 81.1 cm³/mol. The van der Waals surface area contributed by atoms with Crippen molar-refractivity contribution >= 4 is 0 Å². The summed E-state index contributed by atoms with van der Waals surface area (Å²) < 4.78 is 0. The van der Waals surface area contributed by atoms with Crippen LogP contribution >= 0.6 is 0 Å². The summed E-state index contributed by atoms with van der Waals surface area (Å²) in [5, 5.41) is 0. The van der Waals surface area contributed by atoms with Crippen molar-refractivity contribution < 1.29 is 0 Å². The first-order chi connectivity index (χ1) is 8.46. The maximum absolute atomic E-state index is 4.21. The normalized spacial score (nSPS) is 21.2. The van der Waals surface area contributed by atoms with Crippen LogP contribution in [0.4, 0.5) is 0 Å². The van der Waals surface area contributed by atoms with Gasteiger partial charge in [0.2, 0.25) is 0 Å². The molecule has 0 aromatic carbocycles. The van der Waals surface area contributed by atoms with Crippen LogP contribution < -0.4 is 0 Å². The van der Waals surface area contributed by atoms with Gasteiger partial charge in [-0.15, -0.1) is 5.92 Å². The van der Waals surface area contributed by atoms with Gasteiger partial charge >= 0.3 is 0 Å². The monoisotopic (exact) mass is 238 g/mol. The third-order valence-electron chi connectivity index (χ3n) is 3.46. The Hall–Kier alpha value is -1.74. The molecular weight excluding hydrogens is 216 g/mol. The lowest BCUT2D eigenvalue weighted by Gasteiger charge is -2.23. The average Bonchev–Trinajstić information content (AvgIpc) is 2.48. The van der Waals surface area contributed by atoms with Gasteiger partial charge in [-0.1, -0.05) is 44.6 Å². The first-order valence-corrected chi connectivity index (χ1v) is 6.30. The number of hydrogen-bond donors (Lipinski definition) is 0. The van der Waals surface area contributed by atoms with Gasteiger partial charge in [-0.2, -0.15) is 0 Å². The molecule has 0 heteroatoms. The molecule has 0 heterocycles. The second-order valence-electron chi connectivity index (χ2n) is 4.98. The summed E-state index contributed by atoms with van der Waals surface area (Å²) in [5.41, 5.74) is 5.02. The molecule has 0 spiro atoms. The van der Waals surface area contributed by atoms with E-state index in [4.69, 9.17) is 0 Å². The standard InChI is InChI=1S/C18H22/c1-7-9-11-13-17-15(4)14(3)16(12-10-8-2)18(17,5)6/h8,10-13H,3H2,1-2,4-6H3/b10-8-,13-11-,16-12+. The molecule has 0 aliphatic heterocycles. The summed E-state index contributed by atoms with van der Waals surface area (Å²) in [5.74, 6) is 5.86. The van der Waals surface area contributed by atoms with Gasteiger partial charge in [-0.3, -0.25) is 0 Å². The van der Waals surface area contributed by atoms with E-state index in [1.54, 1.807) is 0 Å². The van der Waals surface area contributed by atoms with Gasteiger partial charge < -0.3 is 0 Å². The zero-order valence-electron chi connectivity index (χ0n) is 12.1. The lowest BCUT2D eigenvalue weighted by Crippen LogP contribution is -2.12. The van der Waals surface area contributed by atoms with E-state index in [1.165, 1.54) is 16.7 Å². The van der Waals surface area contributed by atoms with Crippen LogP contribution in [0.3, 0.4) is 0 Å². The van der Waals surface area contributed by atoms with Crippen molar-refractivity contribution in [2.24, 2.45) is 5.41 Å². The second kappa shape index (κ2) is 5.74. The molecule has 18 heavy (non-hydrogen) atoms. The van der Waals surface area contributed by atoms with Crippen LogP contribution in [0.5, 0.6) is 0 Å². The largest absolute Gasteiger partial charge is 0.102 e. The SMILES string of the molecule is C=C1C(C)=C(/C=C\C#CC)C(C)(C)/C1=C/C=C\C. The third-order valence-corrected chi connectivity index (χ3v) is 3.46. The molecule has 0 radical (unpaired) electrons. The van der Waals surface area contributed by atoms with Crippen LogP contribution in [0.2, 0.25) is 0 Å². The lowest BCUT2D eigenvalue weighted by atomic mass is 9.80. The molecule has 1 aliphatic rings. The van der Waals surface area contributed by atoms with Crippen LogP contribution in [-0.4, -0.2) is 0 Å². The van der Waals surface area contributed by atoms with Crippen molar-refractivity contribution in [3.8, 4) is 11.8 Å². The molecule has 0 aromatic rings. The van der Waals surface area contributed by atoms with Gasteiger partial charge in [-0.05, 0) is 55.2 Å². The van der Waals surface area contributed by atoms with Gasteiger partial charge in [0.25, 0.3) is 0 Å². The fourth-order valence-corrected chi connectivity index (χ4v) is 2.40. The minimum absolute atomic E-state index is 0.00655. The quantitative estimate of drug-likeness (QED) is 0.595. The van der Waals surface area contributed by atoms with Crippen molar-refractivity contribution in [3.63, 3.8) is 0 Å². The fourth-order valence-electron chi connectivity index (χ4n) is 2.40. The first kappa shape index (κ1) is 14.3. The fraction of sp³-hybridized carbons (Fsp3) is 0.333. The smallest absolute Gasteiger partial charge is 0.0155 e. The maximum atomic E-state index is 4.21. The summed E-state index contributed by atoms with van der Waals surface area (Å²) in [4.78, 5) is 0. The summed E-state index contributed by atoms with van der Waals surface area (Å²) >= 11 is 0. The highest BCUT2D eigenvalue weighted by atomic mass is 14.4. The third kappa shape index (κ3) is 2.57. The molecule has 94 valence electrons. The molecule has 0 amide bonds. The van der Waals surface area contributed by atoms with Crippen molar-refractivity contribution in [1.29, 1.82) is 0 Å². The van der Waals surface area contributed by atoms with E-state index in [0.717, 1.165) is 5.57 Å². The molecule has 0 unspecified atom stereocenters. The number of allylic oxidation sites excluding steroid dienone is 9. The Morgan fingerprint density at radius 3 is 2.50 bits per heavy atom. The van der Waals surface area contributed by atoms with E-state index in [-0.39, 0.29) is 5.41 Å². The molecule has 0 aromatic heterocycles. The molecule has 0 N–H and O–H groups in total. The Kier molecular flexibility index (Phi) is 4.56. The number of rotatable bonds is 2. The summed E-state index contributed by atoms with van der Waals surface area (Å²) in [6.45, 7) is 14.7. The van der Waals surface area contributed by atoms with Crippen molar-refractivity contribution in [2.75, 3.05) is 0 Å². The highest BCUT2D eigenvalue weighted by Gasteiger charge is 2.35. The summed E-state index contributed by atoms with van der Waals surface area (Å²) in [6, 6.07) is 0. The molecule has 0 saturated heterocycles. The minimum atomic E-state index is 0.00655. The molecular formula is C18H22. The summed E-state index contributed by atoms with van der Waals surface area (Å²) in [7, 11) is 0. The molecule has 1 aliphatic carbocycles. The Balaban J connectivity index is 3.26. The van der Waals surface area contributed by atoms with Crippen LogP contribution in [-0.2, 0) is 0 Å². The highest BCUT2D eigenvalue weighted by molar-refractivity contribution is 5.63. The van der Waals surface area contributed by atoms with Gasteiger partial charge in [0.15, 0.2) is 0 Å². The van der Waals surface area contributed by atoms with E-state index in [2.05, 4.69) is 57.4 Å². The van der Waals surface area contributed by atoms with Crippen molar-refractivity contribution in [2.45, 2.75) is 34.6 Å². The topological polar surface area (TPSA) is 0 Å². The van der Waals surface area contributed by atoms with E-state index >= 15 is 0 Å². The van der Waals surface area contributed by atoms with E-state index < -0.39 is 0 Å². The van der Waals surface area contributed by atoms with Crippen LogP contribution in [0, 0.1) is 17.3 Å². The number of hydrogen-bond acceptors (Lipinski definition) is 0. The average molecular weight is 238 g/mol. The molecule has 0 atom stereocenters. The minimum Gasteiger partial charge on any atom is -0.102 e. The Bertz CT molecular complexity index is 520. The van der Waals surface area contributed by atoms with Gasteiger partial charge in [0.1, 0.15) is 0 Å². The van der Waals surface area contributed by atoms with Gasteiger partial charge in [-0.25, -0.2) is 0 Å². The molecule has 0 fully saturated rings. The van der Waals surface area contributed by atoms with Gasteiger partial charge in [0.05, 0.1) is 0 Å². The first-order valence-electron chi connectivity index (χ1n) is 6.30. The maximum Gasteiger partial charge on any atom is 0.0155 e. The van der Waals surface area contributed by atoms with Crippen LogP contribution in [0.1, 0.15) is 34.6 Å². The van der Waals surface area contributed by atoms with Gasteiger partial charge in [0, 0.05) is 5.41 Å². The highest BCUT2D eigenvalue weighted by Crippen LogP contribution is 2.49. The second-order valence-corrected chi connectivity index (χ2v) is 4.98. The Labute approximate surface area is 111 Å². The van der Waals surface area contributed by atoms with E-state index in [0.29, 0.717) is 0 Å². The lowest BCUT2D eigenvalue weighted by molar-refractivity contribution is 0.578. The van der Waals surface area contributed by atoms with Crippen LogP contribution in [0.15, 0.2) is 59.3 Å². The van der Waals surface area contributed by atoms with E-state index in [9.17, 15) is 0 Å². The molecule has 0 nitrogen and oxygen atoms in total. The predicted octanol–water partition coefficient (Wildman–Crippen LogP) is 4.98. The van der Waals surface area contributed by atoms with Crippen molar-refractivity contribution in [3.05, 3.63) is 59.3 Å². The molecule has 0 bridgehead atoms. The van der Waals surface area contributed by atoms with Crippen LogP contribution in [0.25, 0.3) is 0 Å². The summed E-state index contributed by atoms with van der Waals surface area (Å²) in [6.07, 6.45) is 10.3. The zero-order valence-corrected chi connectivity index (χ0v) is 12.1. The van der Waals surface area contributed by atoms with Crippen molar-refractivity contribution in [1.82, 2.24) is 0 Å².